The molecule has 20 heavy (non-hydrogen) atoms. The Kier molecular flexibility index (Phi) is 6.15. The third-order valence-electron chi connectivity index (χ3n) is 2.55. The molecule has 9 heteroatoms. The van der Waals surface area contributed by atoms with E-state index in [1.807, 2.05) is 0 Å². The third kappa shape index (κ3) is 4.02. The Hall–Kier alpha value is -0.470. The fraction of sp³-hybridized carbons (Fsp3) is 0.455. The van der Waals surface area contributed by atoms with Crippen LogP contribution in [0.3, 0.4) is 0 Å². The molecule has 0 aliphatic carbocycles. The first-order valence-electron chi connectivity index (χ1n) is 5.57. The lowest BCUT2D eigenvalue weighted by Gasteiger charge is -2.18. The van der Waals surface area contributed by atoms with E-state index in [0.29, 0.717) is 21.4 Å². The van der Waals surface area contributed by atoms with Crippen LogP contribution in [0, 0.1) is 0 Å². The maximum atomic E-state index is 12.3. The summed E-state index contributed by atoms with van der Waals surface area (Å²) in [5.41, 5.74) is 0.516. The van der Waals surface area contributed by atoms with Crippen LogP contribution in [-0.2, 0) is 16.6 Å². The van der Waals surface area contributed by atoms with Gasteiger partial charge in [0.25, 0.3) is 6.43 Å². The summed E-state index contributed by atoms with van der Waals surface area (Å²) >= 11 is 11.8. The molecule has 0 aromatic heterocycles. The fourth-order valence-corrected chi connectivity index (χ4v) is 3.54. The average molecular weight is 347 g/mol. The molecule has 1 aromatic rings. The molecular formula is C11H14Cl2F2N2O2S. The molecule has 0 radical (unpaired) electrons. The zero-order valence-corrected chi connectivity index (χ0v) is 13.2. The highest BCUT2D eigenvalue weighted by Crippen LogP contribution is 2.30. The summed E-state index contributed by atoms with van der Waals surface area (Å²) in [6.07, 6.45) is -2.77. The standard InChI is InChI=1S/C11H14Cl2F2N2O2S/c1-16-5-7-3-10(9(13)4-8(7)12)20(18,19)17(2)6-11(14)15/h3-4,11,16H,5-6H2,1-2H3. The molecule has 0 spiro atoms. The zero-order chi connectivity index (χ0) is 15.5. The number of sulfonamides is 1. The van der Waals surface area contributed by atoms with Gasteiger partial charge >= 0.3 is 0 Å². The first-order chi connectivity index (χ1) is 9.20. The average Bonchev–Trinajstić information content (AvgIpc) is 2.31. The van der Waals surface area contributed by atoms with Gasteiger partial charge in [-0.25, -0.2) is 17.2 Å². The van der Waals surface area contributed by atoms with E-state index in [1.54, 1.807) is 7.05 Å². The molecule has 4 nitrogen and oxygen atoms in total. The van der Waals surface area contributed by atoms with Crippen molar-refractivity contribution in [3.63, 3.8) is 0 Å². The van der Waals surface area contributed by atoms with Gasteiger partial charge in [-0.05, 0) is 24.7 Å². The highest BCUT2D eigenvalue weighted by Gasteiger charge is 2.27. The molecule has 1 aromatic carbocycles. The number of hydrogen-bond acceptors (Lipinski definition) is 3. The second-order valence-electron chi connectivity index (χ2n) is 4.08. The van der Waals surface area contributed by atoms with Gasteiger partial charge in [-0.15, -0.1) is 0 Å². The summed E-state index contributed by atoms with van der Waals surface area (Å²) in [7, 11) is -1.35. The van der Waals surface area contributed by atoms with Crippen LogP contribution < -0.4 is 5.32 Å². The predicted molar refractivity (Wildman–Crippen MR) is 75.0 cm³/mol. The van der Waals surface area contributed by atoms with Crippen LogP contribution in [0.1, 0.15) is 5.56 Å². The Balaban J connectivity index is 3.27. The summed E-state index contributed by atoms with van der Waals surface area (Å²) in [6.45, 7) is -0.570. The quantitative estimate of drug-likeness (QED) is 0.861. The van der Waals surface area contributed by atoms with Gasteiger partial charge in [0.1, 0.15) is 4.90 Å². The largest absolute Gasteiger partial charge is 0.316 e. The van der Waals surface area contributed by atoms with Crippen LogP contribution in [0.15, 0.2) is 17.0 Å². The summed E-state index contributed by atoms with van der Waals surface area (Å²) < 4.78 is 49.6. The van der Waals surface area contributed by atoms with E-state index in [0.717, 1.165) is 7.05 Å². The van der Waals surface area contributed by atoms with Gasteiger partial charge in [-0.3, -0.25) is 0 Å². The van der Waals surface area contributed by atoms with Gasteiger partial charge in [0.15, 0.2) is 0 Å². The van der Waals surface area contributed by atoms with E-state index < -0.39 is 23.0 Å². The molecule has 0 fully saturated rings. The first kappa shape index (κ1) is 17.6. The lowest BCUT2D eigenvalue weighted by atomic mass is 10.2. The van der Waals surface area contributed by atoms with Crippen molar-refractivity contribution in [1.29, 1.82) is 0 Å². The van der Waals surface area contributed by atoms with Crippen molar-refractivity contribution in [2.24, 2.45) is 0 Å². The van der Waals surface area contributed by atoms with Crippen molar-refractivity contribution in [3.05, 3.63) is 27.7 Å². The lowest BCUT2D eigenvalue weighted by Crippen LogP contribution is -2.31. The number of halogens is 4. The monoisotopic (exact) mass is 346 g/mol. The maximum absolute atomic E-state index is 12.3. The number of alkyl halides is 2. The maximum Gasteiger partial charge on any atom is 0.252 e. The van der Waals surface area contributed by atoms with E-state index in [9.17, 15) is 17.2 Å². The number of rotatable bonds is 6. The highest BCUT2D eigenvalue weighted by molar-refractivity contribution is 7.89. The predicted octanol–water partition coefficient (Wildman–Crippen LogP) is 2.60. The van der Waals surface area contributed by atoms with Crippen LogP contribution in [0.2, 0.25) is 10.0 Å². The van der Waals surface area contributed by atoms with E-state index in [4.69, 9.17) is 23.2 Å². The van der Waals surface area contributed by atoms with E-state index in [-0.39, 0.29) is 9.92 Å². The molecule has 0 atom stereocenters. The normalized spacial score (nSPS) is 12.4. The van der Waals surface area contributed by atoms with Crippen LogP contribution in [0.4, 0.5) is 8.78 Å². The van der Waals surface area contributed by atoms with E-state index in [1.165, 1.54) is 12.1 Å². The highest BCUT2D eigenvalue weighted by atomic mass is 35.5. The number of nitrogens with one attached hydrogen (secondary N) is 1. The minimum Gasteiger partial charge on any atom is -0.316 e. The molecule has 0 unspecified atom stereocenters. The van der Waals surface area contributed by atoms with Gasteiger partial charge in [-0.1, -0.05) is 23.2 Å². The van der Waals surface area contributed by atoms with Crippen molar-refractivity contribution in [3.8, 4) is 0 Å². The summed E-state index contributed by atoms with van der Waals surface area (Å²) in [5, 5.41) is 3.03. The Bertz CT molecular complexity index is 582. The molecule has 0 bridgehead atoms. The van der Waals surface area contributed by atoms with Crippen LogP contribution in [-0.4, -0.2) is 39.8 Å². The molecular weight excluding hydrogens is 333 g/mol. The van der Waals surface area contributed by atoms with Gasteiger partial charge in [0.2, 0.25) is 10.0 Å². The van der Waals surface area contributed by atoms with Crippen molar-refractivity contribution in [1.82, 2.24) is 9.62 Å². The Morgan fingerprint density at radius 1 is 1.30 bits per heavy atom. The Morgan fingerprint density at radius 2 is 1.90 bits per heavy atom. The molecule has 1 rings (SSSR count). The molecule has 0 saturated carbocycles. The summed E-state index contributed by atoms with van der Waals surface area (Å²) in [6, 6.07) is 2.58. The van der Waals surface area contributed by atoms with Crippen molar-refractivity contribution >= 4 is 33.2 Å². The lowest BCUT2D eigenvalue weighted by molar-refractivity contribution is 0.126. The zero-order valence-electron chi connectivity index (χ0n) is 10.8. The van der Waals surface area contributed by atoms with Crippen LogP contribution >= 0.6 is 23.2 Å². The minimum absolute atomic E-state index is 0.101. The Labute approximate surface area is 126 Å². The fourth-order valence-electron chi connectivity index (χ4n) is 1.56. The molecule has 114 valence electrons. The molecule has 0 aliphatic rings. The van der Waals surface area contributed by atoms with Crippen LogP contribution in [0.25, 0.3) is 0 Å². The minimum atomic E-state index is -4.09. The summed E-state index contributed by atoms with van der Waals surface area (Å²) in [5.74, 6) is 0. The molecule has 0 amide bonds. The van der Waals surface area contributed by atoms with Crippen molar-refractivity contribution in [2.45, 2.75) is 17.9 Å². The van der Waals surface area contributed by atoms with Gasteiger partial charge < -0.3 is 5.32 Å². The third-order valence-corrected chi connectivity index (χ3v) is 5.19. The smallest absolute Gasteiger partial charge is 0.252 e. The Morgan fingerprint density at radius 3 is 2.40 bits per heavy atom. The van der Waals surface area contributed by atoms with Crippen LogP contribution in [0.5, 0.6) is 0 Å². The SMILES string of the molecule is CNCc1cc(S(=O)(=O)N(C)CC(F)F)c(Cl)cc1Cl. The second-order valence-corrected chi connectivity index (χ2v) is 6.91. The van der Waals surface area contributed by atoms with E-state index in [2.05, 4.69) is 5.32 Å². The second kappa shape index (κ2) is 7.00. The number of benzene rings is 1. The molecule has 0 saturated heterocycles. The van der Waals surface area contributed by atoms with Gasteiger partial charge in [-0.2, -0.15) is 4.31 Å². The van der Waals surface area contributed by atoms with Gasteiger partial charge in [0.05, 0.1) is 11.6 Å². The summed E-state index contributed by atoms with van der Waals surface area (Å²) in [4.78, 5) is -0.239. The molecule has 1 N–H and O–H groups in total. The molecule has 0 aliphatic heterocycles. The first-order valence-corrected chi connectivity index (χ1v) is 7.76. The van der Waals surface area contributed by atoms with Gasteiger partial charge in [0, 0.05) is 18.6 Å². The molecule has 0 heterocycles. The number of nitrogens with zero attached hydrogens (tertiary/aromatic N) is 1. The number of hydrogen-bond donors (Lipinski definition) is 1. The van der Waals surface area contributed by atoms with Crippen molar-refractivity contribution in [2.75, 3.05) is 20.6 Å². The topological polar surface area (TPSA) is 49.4 Å². The van der Waals surface area contributed by atoms with Crippen molar-refractivity contribution < 1.29 is 17.2 Å². The van der Waals surface area contributed by atoms with E-state index >= 15 is 0 Å².